The fraction of sp³-hybridized carbons (Fsp3) is 0.364. The number of carbonyl (C=O) groups excluding carboxylic acids is 1. The molecule has 2 atom stereocenters. The van der Waals surface area contributed by atoms with Gasteiger partial charge in [0.25, 0.3) is 0 Å². The number of hydrogen-bond donors (Lipinski definition) is 1. The van der Waals surface area contributed by atoms with Gasteiger partial charge in [-0.15, -0.1) is 0 Å². The molecule has 1 saturated heterocycles. The van der Waals surface area contributed by atoms with Crippen LogP contribution in [0.1, 0.15) is 12.0 Å². The lowest BCUT2D eigenvalue weighted by molar-refractivity contribution is -0.142. The molecule has 1 heterocycles. The van der Waals surface area contributed by atoms with Crippen molar-refractivity contribution in [2.75, 3.05) is 6.61 Å². The lowest BCUT2D eigenvalue weighted by atomic mass is 9.95. The van der Waals surface area contributed by atoms with E-state index in [1.165, 1.54) is 0 Å². The highest BCUT2D eigenvalue weighted by Gasteiger charge is 2.66. The van der Waals surface area contributed by atoms with Gasteiger partial charge in [0, 0.05) is 5.92 Å². The Morgan fingerprint density at radius 2 is 2.13 bits per heavy atom. The first-order valence-corrected chi connectivity index (χ1v) is 4.92. The van der Waals surface area contributed by atoms with Gasteiger partial charge in [0.1, 0.15) is 5.75 Å². The van der Waals surface area contributed by atoms with E-state index in [9.17, 15) is 4.79 Å². The summed E-state index contributed by atoms with van der Waals surface area (Å²) in [6, 6.07) is 7.31. The van der Waals surface area contributed by atoms with Crippen LogP contribution in [0.15, 0.2) is 24.3 Å². The second-order valence-corrected chi connectivity index (χ2v) is 4.11. The number of benzene rings is 1. The maximum absolute atomic E-state index is 11.6. The third-order valence-corrected chi connectivity index (χ3v) is 3.39. The first-order valence-electron chi connectivity index (χ1n) is 4.92. The summed E-state index contributed by atoms with van der Waals surface area (Å²) in [6.45, 7) is 0.563. The Bertz CT molecular complexity index is 414. The van der Waals surface area contributed by atoms with E-state index >= 15 is 0 Å². The number of carbonyl (C=O) groups is 1. The lowest BCUT2D eigenvalue weighted by Crippen LogP contribution is -2.18. The zero-order chi connectivity index (χ0) is 10.5. The Morgan fingerprint density at radius 1 is 1.40 bits per heavy atom. The van der Waals surface area contributed by atoms with E-state index in [1.807, 2.05) is 12.1 Å². The van der Waals surface area contributed by atoms with Crippen LogP contribution in [-0.4, -0.2) is 12.6 Å². The largest absolute Gasteiger partial charge is 0.465 e. The topological polar surface area (TPSA) is 61.6 Å². The van der Waals surface area contributed by atoms with Crippen molar-refractivity contribution in [3.05, 3.63) is 29.8 Å². The molecule has 2 fully saturated rings. The van der Waals surface area contributed by atoms with Crippen molar-refractivity contribution in [3.63, 3.8) is 0 Å². The summed E-state index contributed by atoms with van der Waals surface area (Å²) < 4.78 is 5.03. The van der Waals surface area contributed by atoms with Crippen molar-refractivity contribution in [1.82, 2.24) is 0 Å². The second-order valence-electron chi connectivity index (χ2n) is 4.11. The Kier molecular flexibility index (Phi) is 1.59. The monoisotopic (exact) mass is 205 g/mol. The van der Waals surface area contributed by atoms with Crippen LogP contribution in [0, 0.1) is 5.92 Å². The van der Waals surface area contributed by atoms with E-state index in [1.54, 1.807) is 12.1 Å². The molecule has 15 heavy (non-hydrogen) atoms. The highest BCUT2D eigenvalue weighted by Crippen LogP contribution is 2.59. The van der Waals surface area contributed by atoms with Gasteiger partial charge in [-0.3, -0.25) is 4.79 Å². The molecule has 0 spiro atoms. The molecule has 4 nitrogen and oxygen atoms in total. The SMILES string of the molecule is NOc1ccc([C@]23C[C@H]2COC3=O)cc1. The van der Waals surface area contributed by atoms with Crippen LogP contribution in [0.4, 0.5) is 0 Å². The molecule has 78 valence electrons. The van der Waals surface area contributed by atoms with Crippen LogP contribution >= 0.6 is 0 Å². The third-order valence-electron chi connectivity index (χ3n) is 3.39. The zero-order valence-corrected chi connectivity index (χ0v) is 8.10. The zero-order valence-electron chi connectivity index (χ0n) is 8.10. The van der Waals surface area contributed by atoms with Gasteiger partial charge in [-0.05, 0) is 24.1 Å². The minimum atomic E-state index is -0.354. The summed E-state index contributed by atoms with van der Waals surface area (Å²) in [5, 5.41) is 0. The molecule has 1 saturated carbocycles. The summed E-state index contributed by atoms with van der Waals surface area (Å²) >= 11 is 0. The van der Waals surface area contributed by atoms with Gasteiger partial charge in [0.05, 0.1) is 12.0 Å². The second kappa shape index (κ2) is 2.73. The van der Waals surface area contributed by atoms with Gasteiger partial charge in [-0.1, -0.05) is 12.1 Å². The van der Waals surface area contributed by atoms with Gasteiger partial charge in [0.15, 0.2) is 0 Å². The Morgan fingerprint density at radius 3 is 2.60 bits per heavy atom. The average molecular weight is 205 g/mol. The molecule has 0 radical (unpaired) electrons. The normalized spacial score (nSPS) is 32.1. The maximum atomic E-state index is 11.6. The number of hydrogen-bond acceptors (Lipinski definition) is 4. The van der Waals surface area contributed by atoms with Gasteiger partial charge in [-0.25, -0.2) is 0 Å². The van der Waals surface area contributed by atoms with E-state index in [4.69, 9.17) is 10.6 Å². The quantitative estimate of drug-likeness (QED) is 0.571. The van der Waals surface area contributed by atoms with Gasteiger partial charge in [-0.2, -0.15) is 5.90 Å². The minimum Gasteiger partial charge on any atom is -0.465 e. The summed E-state index contributed by atoms with van der Waals surface area (Å²) in [5.41, 5.74) is 0.656. The highest BCUT2D eigenvalue weighted by atomic mass is 16.6. The molecule has 1 aromatic rings. The third kappa shape index (κ3) is 1.02. The first kappa shape index (κ1) is 8.73. The predicted octanol–water partition coefficient (Wildman–Crippen LogP) is 0.754. The minimum absolute atomic E-state index is 0.0890. The molecule has 3 rings (SSSR count). The first-order chi connectivity index (χ1) is 7.27. The van der Waals surface area contributed by atoms with Crippen molar-refractivity contribution in [2.24, 2.45) is 11.8 Å². The maximum Gasteiger partial charge on any atom is 0.317 e. The molecule has 1 aromatic carbocycles. The molecule has 0 amide bonds. The fourth-order valence-corrected chi connectivity index (χ4v) is 2.39. The molecule has 0 bridgehead atoms. The van der Waals surface area contributed by atoms with Crippen LogP contribution in [0.25, 0.3) is 0 Å². The standard InChI is InChI=1S/C11H11NO3/c12-15-9-3-1-7(2-4-9)11-5-8(11)6-14-10(11)13/h1-4,8H,5-6,12H2/t8-,11+/m0/s1. The van der Waals surface area contributed by atoms with E-state index in [2.05, 4.69) is 4.84 Å². The summed E-state index contributed by atoms with van der Waals surface area (Å²) in [6.07, 6.45) is 0.911. The molecular weight excluding hydrogens is 194 g/mol. The number of rotatable bonds is 2. The van der Waals surface area contributed by atoms with Crippen molar-refractivity contribution >= 4 is 5.97 Å². The molecular formula is C11H11NO3. The summed E-state index contributed by atoms with van der Waals surface area (Å²) in [7, 11) is 0. The molecule has 1 aliphatic heterocycles. The van der Waals surface area contributed by atoms with Crippen molar-refractivity contribution in [3.8, 4) is 5.75 Å². The molecule has 2 aliphatic rings. The van der Waals surface area contributed by atoms with Gasteiger partial charge < -0.3 is 9.57 Å². The lowest BCUT2D eigenvalue weighted by Gasteiger charge is -2.09. The molecule has 0 unspecified atom stereocenters. The molecule has 2 N–H and O–H groups in total. The number of fused-ring (bicyclic) bond motifs is 1. The van der Waals surface area contributed by atoms with Crippen LogP contribution in [0.3, 0.4) is 0 Å². The Hall–Kier alpha value is -1.55. The van der Waals surface area contributed by atoms with Crippen LogP contribution < -0.4 is 10.7 Å². The van der Waals surface area contributed by atoms with Crippen molar-refractivity contribution in [1.29, 1.82) is 0 Å². The average Bonchev–Trinajstić information content (AvgIpc) is 2.94. The Balaban J connectivity index is 1.97. The van der Waals surface area contributed by atoms with Crippen LogP contribution in [-0.2, 0) is 14.9 Å². The Labute approximate surface area is 86.9 Å². The smallest absolute Gasteiger partial charge is 0.317 e. The number of nitrogens with two attached hydrogens (primary N) is 1. The van der Waals surface area contributed by atoms with Gasteiger partial charge in [0.2, 0.25) is 0 Å². The number of cyclic esters (lactones) is 1. The van der Waals surface area contributed by atoms with E-state index in [-0.39, 0.29) is 11.4 Å². The van der Waals surface area contributed by atoms with E-state index < -0.39 is 0 Å². The molecule has 4 heteroatoms. The van der Waals surface area contributed by atoms with Gasteiger partial charge >= 0.3 is 5.97 Å². The summed E-state index contributed by atoms with van der Waals surface area (Å²) in [5.74, 6) is 5.91. The highest BCUT2D eigenvalue weighted by molar-refractivity contribution is 5.89. The van der Waals surface area contributed by atoms with E-state index in [0.29, 0.717) is 18.3 Å². The van der Waals surface area contributed by atoms with Crippen molar-refractivity contribution in [2.45, 2.75) is 11.8 Å². The molecule has 0 aromatic heterocycles. The van der Waals surface area contributed by atoms with Crippen molar-refractivity contribution < 1.29 is 14.4 Å². The fourth-order valence-electron chi connectivity index (χ4n) is 2.39. The number of ether oxygens (including phenoxy) is 1. The number of esters is 1. The van der Waals surface area contributed by atoms with Crippen LogP contribution in [0.2, 0.25) is 0 Å². The van der Waals surface area contributed by atoms with E-state index in [0.717, 1.165) is 12.0 Å². The predicted molar refractivity (Wildman–Crippen MR) is 52.0 cm³/mol. The van der Waals surface area contributed by atoms with Crippen LogP contribution in [0.5, 0.6) is 5.75 Å². The summed E-state index contributed by atoms with van der Waals surface area (Å²) in [4.78, 5) is 16.2. The molecule has 1 aliphatic carbocycles.